The van der Waals surface area contributed by atoms with Crippen molar-refractivity contribution in [3.05, 3.63) is 105 Å². The van der Waals surface area contributed by atoms with Crippen LogP contribution in [0.15, 0.2) is 71.2 Å². The maximum Gasteiger partial charge on any atom is 0.0360 e. The molecule has 3 aromatic rings. The first-order valence-corrected chi connectivity index (χ1v) is 8.11. The predicted molar refractivity (Wildman–Crippen MR) is 88.9 cm³/mol. The van der Waals surface area contributed by atoms with Crippen LogP contribution in [0.4, 0.5) is 0 Å². The second kappa shape index (κ2) is 4.08. The second-order valence-electron chi connectivity index (χ2n) is 5.87. The Hall–Kier alpha value is -1.86. The standard InChI is InChI=1S/C20H13Br/c21-17-11-5-10-16-18-12-6-1-3-8-14(12)19(20(16)17)15-9-4-2-7-13(15)18/h1-11,18-19H. The molecule has 1 heteroatoms. The van der Waals surface area contributed by atoms with Gasteiger partial charge in [0.1, 0.15) is 0 Å². The average Bonchev–Trinajstić information content (AvgIpc) is 2.55. The second-order valence-corrected chi connectivity index (χ2v) is 6.72. The third-order valence-corrected chi connectivity index (χ3v) is 5.61. The highest BCUT2D eigenvalue weighted by Gasteiger charge is 2.41. The molecule has 0 unspecified atom stereocenters. The zero-order chi connectivity index (χ0) is 14.0. The van der Waals surface area contributed by atoms with Crippen molar-refractivity contribution < 1.29 is 0 Å². The van der Waals surface area contributed by atoms with Crippen molar-refractivity contribution >= 4 is 15.9 Å². The highest BCUT2D eigenvalue weighted by atomic mass is 79.9. The van der Waals surface area contributed by atoms with Gasteiger partial charge in [0, 0.05) is 16.3 Å². The average molecular weight is 333 g/mol. The van der Waals surface area contributed by atoms with Gasteiger partial charge in [-0.25, -0.2) is 0 Å². The molecule has 0 atom stereocenters. The van der Waals surface area contributed by atoms with Gasteiger partial charge in [-0.2, -0.15) is 0 Å². The Morgan fingerprint density at radius 1 is 0.524 bits per heavy atom. The first-order chi connectivity index (χ1) is 10.4. The van der Waals surface area contributed by atoms with E-state index in [1.165, 1.54) is 37.9 Å². The first-order valence-electron chi connectivity index (χ1n) is 7.32. The minimum atomic E-state index is 0.368. The Kier molecular flexibility index (Phi) is 2.29. The van der Waals surface area contributed by atoms with Gasteiger partial charge in [-0.1, -0.05) is 76.6 Å². The Morgan fingerprint density at radius 2 is 1.00 bits per heavy atom. The Balaban J connectivity index is 1.95. The Morgan fingerprint density at radius 3 is 1.57 bits per heavy atom. The summed E-state index contributed by atoms with van der Waals surface area (Å²) < 4.78 is 1.24. The molecule has 3 aliphatic rings. The minimum Gasteiger partial charge on any atom is -0.0619 e. The fraction of sp³-hybridized carbons (Fsp3) is 0.100. The van der Waals surface area contributed by atoms with E-state index in [1.807, 2.05) is 0 Å². The van der Waals surface area contributed by atoms with Crippen LogP contribution >= 0.6 is 15.9 Å². The molecular weight excluding hydrogens is 320 g/mol. The van der Waals surface area contributed by atoms with E-state index in [0.29, 0.717) is 11.8 Å². The molecule has 0 heterocycles. The summed E-state index contributed by atoms with van der Waals surface area (Å²) in [6.45, 7) is 0. The van der Waals surface area contributed by atoms with Gasteiger partial charge in [0.15, 0.2) is 0 Å². The lowest BCUT2D eigenvalue weighted by molar-refractivity contribution is 0.750. The van der Waals surface area contributed by atoms with Crippen LogP contribution in [-0.4, -0.2) is 0 Å². The van der Waals surface area contributed by atoms with Gasteiger partial charge in [-0.15, -0.1) is 0 Å². The zero-order valence-electron chi connectivity index (χ0n) is 11.4. The normalized spacial score (nSPS) is 20.6. The largest absolute Gasteiger partial charge is 0.0619 e. The van der Waals surface area contributed by atoms with E-state index in [4.69, 9.17) is 0 Å². The van der Waals surface area contributed by atoms with E-state index >= 15 is 0 Å². The minimum absolute atomic E-state index is 0.368. The fourth-order valence-corrected chi connectivity index (χ4v) is 4.77. The molecule has 6 rings (SSSR count). The number of halogens is 1. The van der Waals surface area contributed by atoms with Crippen molar-refractivity contribution in [1.29, 1.82) is 0 Å². The lowest BCUT2D eigenvalue weighted by atomic mass is 9.61. The van der Waals surface area contributed by atoms with Gasteiger partial charge in [-0.3, -0.25) is 0 Å². The van der Waals surface area contributed by atoms with E-state index in [2.05, 4.69) is 82.7 Å². The molecule has 3 aliphatic carbocycles. The Bertz CT molecular complexity index is 831. The van der Waals surface area contributed by atoms with Crippen molar-refractivity contribution in [2.24, 2.45) is 0 Å². The summed E-state index contributed by atoms with van der Waals surface area (Å²) in [7, 11) is 0. The van der Waals surface area contributed by atoms with E-state index in [9.17, 15) is 0 Å². The highest BCUT2D eigenvalue weighted by molar-refractivity contribution is 9.10. The SMILES string of the molecule is Brc1cccc2c1C1c3ccccc3C2c2ccccc21. The molecule has 0 nitrogen and oxygen atoms in total. The maximum absolute atomic E-state index is 3.79. The molecule has 0 N–H and O–H groups in total. The Labute approximate surface area is 132 Å². The monoisotopic (exact) mass is 332 g/mol. The van der Waals surface area contributed by atoms with Crippen LogP contribution in [-0.2, 0) is 0 Å². The van der Waals surface area contributed by atoms with Crippen LogP contribution in [0.5, 0.6) is 0 Å². The van der Waals surface area contributed by atoms with E-state index in [1.54, 1.807) is 0 Å². The first kappa shape index (κ1) is 11.8. The highest BCUT2D eigenvalue weighted by Crippen LogP contribution is 2.56. The van der Waals surface area contributed by atoms with Crippen molar-refractivity contribution in [2.45, 2.75) is 11.8 Å². The van der Waals surface area contributed by atoms with Crippen LogP contribution in [0, 0.1) is 0 Å². The van der Waals surface area contributed by atoms with Crippen LogP contribution in [0.25, 0.3) is 0 Å². The van der Waals surface area contributed by atoms with Crippen LogP contribution in [0.3, 0.4) is 0 Å². The molecule has 2 bridgehead atoms. The molecular formula is C20H13Br. The van der Waals surface area contributed by atoms with E-state index < -0.39 is 0 Å². The lowest BCUT2D eigenvalue weighted by Gasteiger charge is -2.42. The summed E-state index contributed by atoms with van der Waals surface area (Å²) in [5.41, 5.74) is 8.83. The molecule has 0 saturated carbocycles. The van der Waals surface area contributed by atoms with Gasteiger partial charge in [-0.05, 0) is 39.4 Å². The molecule has 0 spiro atoms. The molecule has 100 valence electrons. The van der Waals surface area contributed by atoms with Crippen molar-refractivity contribution in [2.75, 3.05) is 0 Å². The van der Waals surface area contributed by atoms with Gasteiger partial charge in [0.25, 0.3) is 0 Å². The molecule has 0 saturated heterocycles. The number of hydrogen-bond donors (Lipinski definition) is 0. The van der Waals surface area contributed by atoms with Gasteiger partial charge in [0.2, 0.25) is 0 Å². The molecule has 3 aromatic carbocycles. The summed E-state index contributed by atoms with van der Waals surface area (Å²) >= 11 is 3.79. The van der Waals surface area contributed by atoms with Gasteiger partial charge >= 0.3 is 0 Å². The van der Waals surface area contributed by atoms with Crippen molar-refractivity contribution in [3.8, 4) is 0 Å². The number of rotatable bonds is 0. The summed E-state index contributed by atoms with van der Waals surface area (Å²) in [6, 6.07) is 24.5. The van der Waals surface area contributed by atoms with Crippen molar-refractivity contribution in [3.63, 3.8) is 0 Å². The quantitative estimate of drug-likeness (QED) is 0.354. The summed E-state index contributed by atoms with van der Waals surface area (Å²) in [5.74, 6) is 0.753. The number of hydrogen-bond acceptors (Lipinski definition) is 0. The zero-order valence-corrected chi connectivity index (χ0v) is 13.0. The predicted octanol–water partition coefficient (Wildman–Crippen LogP) is 5.44. The van der Waals surface area contributed by atoms with E-state index in [0.717, 1.165) is 0 Å². The van der Waals surface area contributed by atoms with Gasteiger partial charge < -0.3 is 0 Å². The molecule has 21 heavy (non-hydrogen) atoms. The smallest absolute Gasteiger partial charge is 0.0360 e. The third-order valence-electron chi connectivity index (χ3n) is 4.92. The molecule has 0 aromatic heterocycles. The molecule has 0 radical (unpaired) electrons. The third kappa shape index (κ3) is 1.40. The molecule has 0 fully saturated rings. The lowest BCUT2D eigenvalue weighted by Crippen LogP contribution is -2.27. The summed E-state index contributed by atoms with van der Waals surface area (Å²) in [5, 5.41) is 0. The van der Waals surface area contributed by atoms with Crippen LogP contribution < -0.4 is 0 Å². The van der Waals surface area contributed by atoms with Crippen LogP contribution in [0.2, 0.25) is 0 Å². The van der Waals surface area contributed by atoms with Crippen LogP contribution in [0.1, 0.15) is 45.2 Å². The van der Waals surface area contributed by atoms with E-state index in [-0.39, 0.29) is 0 Å². The number of benzene rings is 3. The summed E-state index contributed by atoms with van der Waals surface area (Å²) in [6.07, 6.45) is 0. The van der Waals surface area contributed by atoms with Gasteiger partial charge in [0.05, 0.1) is 0 Å². The molecule has 0 aliphatic heterocycles. The van der Waals surface area contributed by atoms with Crippen molar-refractivity contribution in [1.82, 2.24) is 0 Å². The fourth-order valence-electron chi connectivity index (χ4n) is 4.16. The maximum atomic E-state index is 3.79. The summed E-state index contributed by atoms with van der Waals surface area (Å²) in [4.78, 5) is 0. The molecule has 0 amide bonds. The topological polar surface area (TPSA) is 0 Å².